The van der Waals surface area contributed by atoms with Gasteiger partial charge in [0.15, 0.2) is 0 Å². The molecule has 0 aliphatic carbocycles. The zero-order valence-electron chi connectivity index (χ0n) is 6.62. The van der Waals surface area contributed by atoms with Crippen LogP contribution in [0.15, 0.2) is 0 Å². The van der Waals surface area contributed by atoms with Crippen LogP contribution in [0, 0.1) is 18.4 Å². The van der Waals surface area contributed by atoms with Crippen LogP contribution in [0.4, 0.5) is 0 Å². The van der Waals surface area contributed by atoms with E-state index in [4.69, 9.17) is 10.00 Å². The summed E-state index contributed by atoms with van der Waals surface area (Å²) >= 11 is 0. The Morgan fingerprint density at radius 2 is 2.18 bits per heavy atom. The van der Waals surface area contributed by atoms with Crippen molar-refractivity contribution in [1.29, 1.82) is 5.26 Å². The van der Waals surface area contributed by atoms with E-state index in [1.165, 1.54) is 0 Å². The number of piperidine rings is 1. The highest BCUT2D eigenvalue weighted by atomic mass is 16.5. The molecule has 1 rings (SSSR count). The van der Waals surface area contributed by atoms with Crippen LogP contribution in [0.2, 0.25) is 0 Å². The smallest absolute Gasteiger partial charge is 0.134 e. The molecule has 0 atom stereocenters. The number of hydrogen-bond donors (Lipinski definition) is 0. The molecule has 3 nitrogen and oxygen atoms in total. The van der Waals surface area contributed by atoms with Gasteiger partial charge in [0.2, 0.25) is 0 Å². The molecule has 1 aliphatic heterocycles. The van der Waals surface area contributed by atoms with Gasteiger partial charge in [-0.2, -0.15) is 5.26 Å². The fraction of sp³-hybridized carbons (Fsp3) is 0.750. The molecule has 1 aliphatic rings. The van der Waals surface area contributed by atoms with Crippen LogP contribution in [0.25, 0.3) is 0 Å². The Balaban J connectivity index is 2.13. The summed E-state index contributed by atoms with van der Waals surface area (Å²) in [7, 11) is 3.82. The third-order valence-corrected chi connectivity index (χ3v) is 1.92. The number of nitriles is 1. The summed E-state index contributed by atoms with van der Waals surface area (Å²) in [4.78, 5) is 2.03. The molecule has 1 fully saturated rings. The minimum Gasteiger partial charge on any atom is -0.459 e. The van der Waals surface area contributed by atoms with E-state index in [1.807, 2.05) is 11.0 Å². The Labute approximate surface area is 67.6 Å². The molecule has 3 heteroatoms. The Morgan fingerprint density at radius 3 is 2.73 bits per heavy atom. The highest BCUT2D eigenvalue weighted by Crippen LogP contribution is 2.11. The van der Waals surface area contributed by atoms with Gasteiger partial charge in [0.05, 0.1) is 12.2 Å². The zero-order chi connectivity index (χ0) is 8.10. The zero-order valence-corrected chi connectivity index (χ0v) is 6.62. The fourth-order valence-corrected chi connectivity index (χ4v) is 1.23. The predicted octanol–water partition coefficient (Wildman–Crippen LogP) is 0.783. The molecular weight excluding hydrogens is 140 g/mol. The SMILES string of the molecule is [CH2-]N1CCC(OCC#N)CC1. The van der Waals surface area contributed by atoms with Crippen molar-refractivity contribution in [3.05, 3.63) is 7.05 Å². The fourth-order valence-electron chi connectivity index (χ4n) is 1.23. The van der Waals surface area contributed by atoms with Gasteiger partial charge in [0.1, 0.15) is 6.61 Å². The van der Waals surface area contributed by atoms with Gasteiger partial charge in [-0.3, -0.25) is 7.05 Å². The van der Waals surface area contributed by atoms with Crippen molar-refractivity contribution in [3.8, 4) is 6.07 Å². The number of nitrogens with zero attached hydrogens (tertiary/aromatic N) is 2. The largest absolute Gasteiger partial charge is 0.459 e. The average molecular weight is 153 g/mol. The Morgan fingerprint density at radius 1 is 1.55 bits per heavy atom. The van der Waals surface area contributed by atoms with E-state index in [-0.39, 0.29) is 12.7 Å². The second-order valence-electron chi connectivity index (χ2n) is 2.79. The van der Waals surface area contributed by atoms with E-state index < -0.39 is 0 Å². The monoisotopic (exact) mass is 153 g/mol. The molecule has 0 unspecified atom stereocenters. The van der Waals surface area contributed by atoms with E-state index in [1.54, 1.807) is 0 Å². The lowest BCUT2D eigenvalue weighted by atomic mass is 10.1. The van der Waals surface area contributed by atoms with Crippen LogP contribution in [0.1, 0.15) is 12.8 Å². The van der Waals surface area contributed by atoms with Crippen molar-refractivity contribution >= 4 is 0 Å². The first kappa shape index (κ1) is 8.51. The van der Waals surface area contributed by atoms with E-state index >= 15 is 0 Å². The van der Waals surface area contributed by atoms with E-state index in [0.29, 0.717) is 0 Å². The maximum Gasteiger partial charge on any atom is 0.134 e. The van der Waals surface area contributed by atoms with Crippen LogP contribution in [-0.4, -0.2) is 30.7 Å². The van der Waals surface area contributed by atoms with Crippen LogP contribution >= 0.6 is 0 Å². The van der Waals surface area contributed by atoms with Gasteiger partial charge in [0.25, 0.3) is 0 Å². The first-order valence-corrected chi connectivity index (χ1v) is 3.87. The first-order valence-electron chi connectivity index (χ1n) is 3.87. The van der Waals surface area contributed by atoms with Gasteiger partial charge in [0, 0.05) is 0 Å². The van der Waals surface area contributed by atoms with Crippen LogP contribution < -0.4 is 0 Å². The normalized spacial score (nSPS) is 21.5. The molecule has 0 aromatic rings. The molecule has 1 heterocycles. The number of rotatable bonds is 2. The van der Waals surface area contributed by atoms with E-state index in [9.17, 15) is 0 Å². The standard InChI is InChI=1S/C8H13N2O/c1-10-5-2-8(3-6-10)11-7-4-9/h8H,1-3,5-7H2/q-1. The Bertz CT molecular complexity index is 145. The van der Waals surface area contributed by atoms with Crippen molar-refractivity contribution in [2.75, 3.05) is 19.7 Å². The summed E-state index contributed by atoms with van der Waals surface area (Å²) in [5, 5.41) is 8.25. The minimum atomic E-state index is 0.224. The van der Waals surface area contributed by atoms with Gasteiger partial charge in [-0.15, -0.1) is 0 Å². The van der Waals surface area contributed by atoms with Crippen molar-refractivity contribution < 1.29 is 4.74 Å². The van der Waals surface area contributed by atoms with Crippen molar-refractivity contribution in [2.45, 2.75) is 18.9 Å². The van der Waals surface area contributed by atoms with Gasteiger partial charge in [-0.1, -0.05) is 0 Å². The highest BCUT2D eigenvalue weighted by Gasteiger charge is 2.13. The van der Waals surface area contributed by atoms with Gasteiger partial charge in [-0.25, -0.2) is 0 Å². The first-order chi connectivity index (χ1) is 5.33. The third kappa shape index (κ3) is 2.87. The predicted molar refractivity (Wildman–Crippen MR) is 41.5 cm³/mol. The summed E-state index contributed by atoms with van der Waals surface area (Å²) in [6, 6.07) is 1.97. The molecule has 0 amide bonds. The molecule has 0 N–H and O–H groups in total. The Hall–Kier alpha value is -0.590. The minimum absolute atomic E-state index is 0.224. The second-order valence-corrected chi connectivity index (χ2v) is 2.79. The van der Waals surface area contributed by atoms with Gasteiger partial charge >= 0.3 is 0 Å². The molecule has 0 radical (unpaired) electrons. The topological polar surface area (TPSA) is 36.3 Å². The van der Waals surface area contributed by atoms with E-state index in [0.717, 1.165) is 25.9 Å². The lowest BCUT2D eigenvalue weighted by Crippen LogP contribution is -2.33. The number of ether oxygens (including phenoxy) is 1. The molecule has 0 aromatic carbocycles. The molecule has 0 bridgehead atoms. The Kier molecular flexibility index (Phi) is 3.34. The molecule has 0 spiro atoms. The third-order valence-electron chi connectivity index (χ3n) is 1.92. The van der Waals surface area contributed by atoms with Gasteiger partial charge < -0.3 is 9.64 Å². The van der Waals surface area contributed by atoms with Crippen LogP contribution in [0.3, 0.4) is 0 Å². The lowest BCUT2D eigenvalue weighted by molar-refractivity contribution is 0.0336. The molecule has 11 heavy (non-hydrogen) atoms. The molecule has 62 valence electrons. The number of likely N-dealkylation sites (tertiary alicyclic amines) is 1. The lowest BCUT2D eigenvalue weighted by Gasteiger charge is -2.33. The molecule has 1 saturated heterocycles. The van der Waals surface area contributed by atoms with Crippen LogP contribution in [0.5, 0.6) is 0 Å². The summed E-state index contributed by atoms with van der Waals surface area (Å²) in [6.07, 6.45) is 2.30. The second kappa shape index (κ2) is 4.32. The summed E-state index contributed by atoms with van der Waals surface area (Å²) in [6.45, 7) is 2.19. The van der Waals surface area contributed by atoms with E-state index in [2.05, 4.69) is 7.05 Å². The van der Waals surface area contributed by atoms with Gasteiger partial charge in [-0.05, 0) is 25.9 Å². The summed E-state index contributed by atoms with van der Waals surface area (Å²) in [5.74, 6) is 0. The highest BCUT2D eigenvalue weighted by molar-refractivity contribution is 4.74. The maximum absolute atomic E-state index is 8.25. The summed E-state index contributed by atoms with van der Waals surface area (Å²) < 4.78 is 5.26. The summed E-state index contributed by atoms with van der Waals surface area (Å²) in [5.41, 5.74) is 0. The molecule has 0 aromatic heterocycles. The van der Waals surface area contributed by atoms with Crippen molar-refractivity contribution in [2.24, 2.45) is 0 Å². The molecular formula is C8H13N2O-. The van der Waals surface area contributed by atoms with Crippen molar-refractivity contribution in [3.63, 3.8) is 0 Å². The van der Waals surface area contributed by atoms with Crippen molar-refractivity contribution in [1.82, 2.24) is 4.90 Å². The molecule has 0 saturated carbocycles. The average Bonchev–Trinajstić information content (AvgIpc) is 2.04. The quantitative estimate of drug-likeness (QED) is 0.550. The number of hydrogen-bond acceptors (Lipinski definition) is 3. The van der Waals surface area contributed by atoms with Crippen LogP contribution in [-0.2, 0) is 4.74 Å². The maximum atomic E-state index is 8.25.